The highest BCUT2D eigenvalue weighted by Gasteiger charge is 2.34. The zero-order chi connectivity index (χ0) is 15.5. The number of nitrogen functional groups attached to an aromatic ring is 1. The molecule has 0 aliphatic carbocycles. The van der Waals surface area contributed by atoms with Crippen LogP contribution in [0.25, 0.3) is 0 Å². The molecular weight excluding hydrogens is 278 g/mol. The fourth-order valence-electron chi connectivity index (χ4n) is 2.54. The number of nitrogens with two attached hydrogens (primary N) is 1. The number of ether oxygens (including phenoxy) is 1. The van der Waals surface area contributed by atoms with Crippen LogP contribution in [0.5, 0.6) is 5.75 Å². The molecule has 1 unspecified atom stereocenters. The molecule has 5 heteroatoms. The van der Waals surface area contributed by atoms with Crippen LogP contribution in [-0.4, -0.2) is 18.6 Å². The Morgan fingerprint density at radius 1 is 1.23 bits per heavy atom. The predicted octanol–water partition coefficient (Wildman–Crippen LogP) is 2.13. The Morgan fingerprint density at radius 3 is 2.73 bits per heavy atom. The Hall–Kier alpha value is -3.00. The van der Waals surface area contributed by atoms with Crippen molar-refractivity contribution in [2.75, 3.05) is 17.2 Å². The van der Waals surface area contributed by atoms with Gasteiger partial charge in [0.05, 0.1) is 11.8 Å². The molecule has 2 aromatic carbocycles. The van der Waals surface area contributed by atoms with Gasteiger partial charge in [-0.1, -0.05) is 30.3 Å². The van der Waals surface area contributed by atoms with Crippen LogP contribution in [-0.2, 0) is 11.2 Å². The van der Waals surface area contributed by atoms with Gasteiger partial charge in [-0.05, 0) is 17.7 Å². The highest BCUT2D eigenvalue weighted by Crippen LogP contribution is 2.36. The number of rotatable bonds is 3. The van der Waals surface area contributed by atoms with E-state index in [1.54, 1.807) is 18.2 Å². The van der Waals surface area contributed by atoms with Gasteiger partial charge in [0.15, 0.2) is 6.10 Å². The molecule has 110 valence electrons. The second-order valence-electron chi connectivity index (χ2n) is 5.11. The Kier molecular flexibility index (Phi) is 3.67. The number of carbonyl (C=O) groups is 1. The normalized spacial score (nSPS) is 16.6. The molecule has 1 atom stereocenters. The monoisotopic (exact) mass is 293 g/mol. The molecular formula is C17H15N3O2. The van der Waals surface area contributed by atoms with Crippen molar-refractivity contribution in [2.45, 2.75) is 12.5 Å². The van der Waals surface area contributed by atoms with Crippen LogP contribution in [0.2, 0.25) is 0 Å². The third-order valence-electron chi connectivity index (χ3n) is 3.58. The molecule has 0 fully saturated rings. The summed E-state index contributed by atoms with van der Waals surface area (Å²) < 4.78 is 5.82. The molecule has 22 heavy (non-hydrogen) atoms. The van der Waals surface area contributed by atoms with E-state index in [0.717, 1.165) is 5.56 Å². The summed E-state index contributed by atoms with van der Waals surface area (Å²) in [7, 11) is 0. The molecule has 0 bridgehead atoms. The van der Waals surface area contributed by atoms with Gasteiger partial charge in [-0.3, -0.25) is 9.69 Å². The maximum Gasteiger partial charge on any atom is 0.269 e. The summed E-state index contributed by atoms with van der Waals surface area (Å²) in [4.78, 5) is 14.0. The number of nitrogens with zero attached hydrogens (tertiary/aromatic N) is 2. The molecule has 3 rings (SSSR count). The van der Waals surface area contributed by atoms with Crippen molar-refractivity contribution in [3.63, 3.8) is 0 Å². The SMILES string of the molecule is N#CCN1C(=O)C(Cc2ccccc2)Oc2cc(N)ccc21. The van der Waals surface area contributed by atoms with E-state index in [1.807, 2.05) is 36.4 Å². The summed E-state index contributed by atoms with van der Waals surface area (Å²) in [5, 5.41) is 8.98. The van der Waals surface area contributed by atoms with E-state index in [-0.39, 0.29) is 12.5 Å². The molecule has 1 amide bonds. The number of amides is 1. The summed E-state index contributed by atoms with van der Waals surface area (Å²) in [5.74, 6) is 0.332. The predicted molar refractivity (Wildman–Crippen MR) is 83.4 cm³/mol. The van der Waals surface area contributed by atoms with Gasteiger partial charge in [-0.15, -0.1) is 0 Å². The smallest absolute Gasteiger partial charge is 0.269 e. The summed E-state index contributed by atoms with van der Waals surface area (Å²) in [6.45, 7) is -0.00952. The molecule has 5 nitrogen and oxygen atoms in total. The van der Waals surface area contributed by atoms with Crippen LogP contribution in [0.3, 0.4) is 0 Å². The first kappa shape index (κ1) is 14.0. The molecule has 0 radical (unpaired) electrons. The Balaban J connectivity index is 1.94. The Morgan fingerprint density at radius 2 is 2.00 bits per heavy atom. The van der Waals surface area contributed by atoms with Crippen LogP contribution in [0.1, 0.15) is 5.56 Å². The molecule has 2 aromatic rings. The minimum atomic E-state index is -0.648. The van der Waals surface area contributed by atoms with Crippen LogP contribution in [0, 0.1) is 11.3 Å². The van der Waals surface area contributed by atoms with Gasteiger partial charge < -0.3 is 10.5 Å². The van der Waals surface area contributed by atoms with E-state index in [0.29, 0.717) is 23.5 Å². The fourth-order valence-corrected chi connectivity index (χ4v) is 2.54. The quantitative estimate of drug-likeness (QED) is 0.694. The summed E-state index contributed by atoms with van der Waals surface area (Å²) >= 11 is 0. The number of anilines is 2. The molecule has 2 N–H and O–H groups in total. The largest absolute Gasteiger partial charge is 0.478 e. The number of fused-ring (bicyclic) bond motifs is 1. The van der Waals surface area contributed by atoms with Gasteiger partial charge in [0.2, 0.25) is 0 Å². The number of hydrogen-bond acceptors (Lipinski definition) is 4. The van der Waals surface area contributed by atoms with E-state index >= 15 is 0 Å². The van der Waals surface area contributed by atoms with Crippen LogP contribution in [0.15, 0.2) is 48.5 Å². The highest BCUT2D eigenvalue weighted by atomic mass is 16.5. The third kappa shape index (κ3) is 2.59. The van der Waals surface area contributed by atoms with Crippen molar-refractivity contribution < 1.29 is 9.53 Å². The second kappa shape index (κ2) is 5.78. The second-order valence-corrected chi connectivity index (χ2v) is 5.11. The molecule has 0 saturated heterocycles. The molecule has 1 heterocycles. The van der Waals surface area contributed by atoms with E-state index in [2.05, 4.69) is 0 Å². The summed E-state index contributed by atoms with van der Waals surface area (Å²) in [6.07, 6.45) is -0.194. The van der Waals surface area contributed by atoms with Gasteiger partial charge in [0.1, 0.15) is 12.3 Å². The third-order valence-corrected chi connectivity index (χ3v) is 3.58. The van der Waals surface area contributed by atoms with Crippen LogP contribution in [0.4, 0.5) is 11.4 Å². The standard InChI is InChI=1S/C17H15N3O2/c18-8-9-20-14-7-6-13(19)11-15(14)22-16(17(20)21)10-12-4-2-1-3-5-12/h1-7,11,16H,9-10,19H2. The lowest BCUT2D eigenvalue weighted by Crippen LogP contribution is -2.47. The number of benzene rings is 2. The summed E-state index contributed by atoms with van der Waals surface area (Å²) in [6, 6.07) is 16.8. The van der Waals surface area contributed by atoms with Gasteiger partial charge in [-0.2, -0.15) is 5.26 Å². The van der Waals surface area contributed by atoms with Crippen molar-refractivity contribution in [3.8, 4) is 11.8 Å². The van der Waals surface area contributed by atoms with Gasteiger partial charge >= 0.3 is 0 Å². The lowest BCUT2D eigenvalue weighted by atomic mass is 10.0. The fraction of sp³-hybridized carbons (Fsp3) is 0.176. The Labute approximate surface area is 128 Å². The molecule has 0 spiro atoms. The number of nitriles is 1. The number of hydrogen-bond donors (Lipinski definition) is 1. The van der Waals surface area contributed by atoms with Crippen LogP contribution >= 0.6 is 0 Å². The van der Waals surface area contributed by atoms with E-state index < -0.39 is 6.10 Å². The topological polar surface area (TPSA) is 79.3 Å². The lowest BCUT2D eigenvalue weighted by molar-refractivity contribution is -0.126. The maximum atomic E-state index is 12.6. The molecule has 1 aliphatic heterocycles. The minimum Gasteiger partial charge on any atom is -0.478 e. The average Bonchev–Trinajstić information content (AvgIpc) is 2.52. The number of carbonyl (C=O) groups excluding carboxylic acids is 1. The summed E-state index contributed by atoms with van der Waals surface area (Å²) in [5.41, 5.74) is 7.94. The average molecular weight is 293 g/mol. The first-order chi connectivity index (χ1) is 10.7. The molecule has 0 saturated carbocycles. The Bertz CT molecular complexity index is 737. The van der Waals surface area contributed by atoms with Crippen molar-refractivity contribution >= 4 is 17.3 Å². The van der Waals surface area contributed by atoms with Crippen molar-refractivity contribution in [2.24, 2.45) is 0 Å². The van der Waals surface area contributed by atoms with Crippen molar-refractivity contribution in [1.29, 1.82) is 5.26 Å². The van der Waals surface area contributed by atoms with Gasteiger partial charge in [0, 0.05) is 18.2 Å². The lowest BCUT2D eigenvalue weighted by Gasteiger charge is -2.33. The van der Waals surface area contributed by atoms with Gasteiger partial charge in [0.25, 0.3) is 5.91 Å². The van der Waals surface area contributed by atoms with Crippen LogP contribution < -0.4 is 15.4 Å². The first-order valence-corrected chi connectivity index (χ1v) is 6.97. The van der Waals surface area contributed by atoms with E-state index in [9.17, 15) is 4.79 Å². The van der Waals surface area contributed by atoms with E-state index in [4.69, 9.17) is 15.7 Å². The highest BCUT2D eigenvalue weighted by molar-refractivity contribution is 6.00. The minimum absolute atomic E-state index is 0.00952. The zero-order valence-electron chi connectivity index (χ0n) is 11.9. The van der Waals surface area contributed by atoms with Crippen molar-refractivity contribution in [1.82, 2.24) is 0 Å². The van der Waals surface area contributed by atoms with Gasteiger partial charge in [-0.25, -0.2) is 0 Å². The molecule has 0 aromatic heterocycles. The zero-order valence-corrected chi connectivity index (χ0v) is 11.9. The van der Waals surface area contributed by atoms with E-state index in [1.165, 1.54) is 4.90 Å². The molecule has 1 aliphatic rings. The first-order valence-electron chi connectivity index (χ1n) is 6.97. The van der Waals surface area contributed by atoms with Crippen molar-refractivity contribution in [3.05, 3.63) is 54.1 Å². The maximum absolute atomic E-state index is 12.6.